The topological polar surface area (TPSA) is 148 Å². The van der Waals surface area contributed by atoms with Crippen molar-refractivity contribution in [1.82, 2.24) is 21.0 Å². The van der Waals surface area contributed by atoms with Gasteiger partial charge in [0.1, 0.15) is 12.1 Å². The highest BCUT2D eigenvalue weighted by Crippen LogP contribution is 2.07. The number of nitrogens with zero attached hydrogens (tertiary/aromatic N) is 1. The summed E-state index contributed by atoms with van der Waals surface area (Å²) in [5, 5.41) is 22.6. The summed E-state index contributed by atoms with van der Waals surface area (Å²) in [6.45, 7) is 2.99. The summed E-state index contributed by atoms with van der Waals surface area (Å²) in [5.74, 6) is -2.86. The Hall–Kier alpha value is -2.98. The Morgan fingerprint density at radius 1 is 1.07 bits per heavy atom. The molecule has 5 N–H and O–H groups in total. The molecular weight excluding hydrogens is 368 g/mol. The fourth-order valence-electron chi connectivity index (χ4n) is 2.55. The number of carbonyl (C=O) groups excluding carboxylic acids is 3. The summed E-state index contributed by atoms with van der Waals surface area (Å²) < 4.78 is 0. The molecule has 1 aromatic carbocycles. The maximum absolute atomic E-state index is 12.4. The average Bonchev–Trinajstić information content (AvgIpc) is 2.64. The summed E-state index contributed by atoms with van der Waals surface area (Å²) in [4.78, 5) is 47.9. The van der Waals surface area contributed by atoms with Crippen molar-refractivity contribution in [3.8, 4) is 0 Å². The molecule has 10 heteroatoms. The maximum Gasteiger partial charge on any atom is 0.317 e. The molecule has 0 aromatic heterocycles. The van der Waals surface area contributed by atoms with Gasteiger partial charge >= 0.3 is 5.97 Å². The van der Waals surface area contributed by atoms with E-state index in [0.717, 1.165) is 5.56 Å². The van der Waals surface area contributed by atoms with Crippen LogP contribution in [0.25, 0.3) is 0 Å². The predicted molar refractivity (Wildman–Crippen MR) is 99.1 cm³/mol. The first kappa shape index (κ1) is 23.1. The standard InChI is InChI=1S/C18H26N4O6/c1-12(17(26)21-28)19-18(27)15(20-13(2)23)8-9-22(11-16(24)25)10-14-6-4-3-5-7-14/h3-7,12,15,28H,8-11H2,1-2H3,(H,19,27)(H,20,23)(H,21,26)(H,24,25)/t12-,15+/m1/s1. The largest absolute Gasteiger partial charge is 0.480 e. The van der Waals surface area contributed by atoms with Crippen LogP contribution in [0.5, 0.6) is 0 Å². The van der Waals surface area contributed by atoms with Gasteiger partial charge in [-0.05, 0) is 18.9 Å². The second-order valence-electron chi connectivity index (χ2n) is 6.34. The van der Waals surface area contributed by atoms with Crippen LogP contribution in [0, 0.1) is 0 Å². The highest BCUT2D eigenvalue weighted by atomic mass is 16.5. The van der Waals surface area contributed by atoms with E-state index in [1.165, 1.54) is 19.3 Å². The van der Waals surface area contributed by atoms with Crippen LogP contribution in [0.15, 0.2) is 30.3 Å². The van der Waals surface area contributed by atoms with Gasteiger partial charge in [-0.25, -0.2) is 5.48 Å². The van der Waals surface area contributed by atoms with Crippen LogP contribution in [0.1, 0.15) is 25.8 Å². The lowest BCUT2D eigenvalue weighted by Gasteiger charge is -2.24. The lowest BCUT2D eigenvalue weighted by atomic mass is 10.1. The highest BCUT2D eigenvalue weighted by molar-refractivity contribution is 5.91. The van der Waals surface area contributed by atoms with E-state index in [0.29, 0.717) is 6.54 Å². The smallest absolute Gasteiger partial charge is 0.317 e. The van der Waals surface area contributed by atoms with Gasteiger partial charge in [-0.1, -0.05) is 30.3 Å². The predicted octanol–water partition coefficient (Wildman–Crippen LogP) is -0.522. The molecule has 10 nitrogen and oxygen atoms in total. The number of benzene rings is 1. The molecule has 3 amide bonds. The molecule has 1 aromatic rings. The Morgan fingerprint density at radius 2 is 1.71 bits per heavy atom. The third-order valence-corrected chi connectivity index (χ3v) is 3.90. The molecule has 0 aliphatic carbocycles. The lowest BCUT2D eigenvalue weighted by Crippen LogP contribution is -2.53. The van der Waals surface area contributed by atoms with Gasteiger partial charge in [0.2, 0.25) is 11.8 Å². The fourth-order valence-corrected chi connectivity index (χ4v) is 2.55. The van der Waals surface area contributed by atoms with E-state index >= 15 is 0 Å². The van der Waals surface area contributed by atoms with E-state index in [2.05, 4.69) is 10.6 Å². The first-order valence-corrected chi connectivity index (χ1v) is 8.72. The van der Waals surface area contributed by atoms with Crippen molar-refractivity contribution >= 4 is 23.7 Å². The molecule has 1 rings (SSSR count). The number of hydroxylamine groups is 1. The minimum atomic E-state index is -1.01. The van der Waals surface area contributed by atoms with Crippen molar-refractivity contribution in [3.63, 3.8) is 0 Å². The van der Waals surface area contributed by atoms with E-state index in [4.69, 9.17) is 10.3 Å². The Bertz CT molecular complexity index is 682. The zero-order chi connectivity index (χ0) is 21.1. The minimum absolute atomic E-state index is 0.138. The third-order valence-electron chi connectivity index (χ3n) is 3.90. The van der Waals surface area contributed by atoms with Crippen molar-refractivity contribution in [2.24, 2.45) is 0 Å². The second-order valence-corrected chi connectivity index (χ2v) is 6.34. The lowest BCUT2D eigenvalue weighted by molar-refractivity contribution is -0.138. The molecule has 0 saturated carbocycles. The van der Waals surface area contributed by atoms with Gasteiger partial charge in [0.15, 0.2) is 0 Å². The number of hydrogen-bond donors (Lipinski definition) is 5. The molecule has 0 heterocycles. The second kappa shape index (κ2) is 11.7. The van der Waals surface area contributed by atoms with Crippen LogP contribution in [0.2, 0.25) is 0 Å². The molecule has 0 radical (unpaired) electrons. The molecule has 0 spiro atoms. The molecule has 0 unspecified atom stereocenters. The fraction of sp³-hybridized carbons (Fsp3) is 0.444. The highest BCUT2D eigenvalue weighted by Gasteiger charge is 2.24. The molecule has 28 heavy (non-hydrogen) atoms. The molecule has 0 bridgehead atoms. The first-order chi connectivity index (χ1) is 13.2. The normalized spacial score (nSPS) is 12.7. The van der Waals surface area contributed by atoms with Gasteiger partial charge in [-0.3, -0.25) is 29.3 Å². The van der Waals surface area contributed by atoms with Crippen LogP contribution in [0.4, 0.5) is 0 Å². The van der Waals surface area contributed by atoms with Crippen molar-refractivity contribution in [1.29, 1.82) is 0 Å². The number of rotatable bonds is 11. The Labute approximate surface area is 162 Å². The van der Waals surface area contributed by atoms with Crippen molar-refractivity contribution in [2.75, 3.05) is 13.1 Å². The number of hydrogen-bond acceptors (Lipinski definition) is 6. The van der Waals surface area contributed by atoms with Crippen molar-refractivity contribution < 1.29 is 29.5 Å². The number of amides is 3. The number of aliphatic carboxylic acids is 1. The molecule has 0 aliphatic rings. The summed E-state index contributed by atoms with van der Waals surface area (Å²) in [7, 11) is 0. The SMILES string of the molecule is CC(=O)N[C@@H](CCN(CC(=O)O)Cc1ccccc1)C(=O)N[C@H](C)C(=O)NO. The van der Waals surface area contributed by atoms with E-state index in [1.54, 1.807) is 4.90 Å². The van der Waals surface area contributed by atoms with Gasteiger partial charge in [-0.15, -0.1) is 0 Å². The zero-order valence-electron chi connectivity index (χ0n) is 15.8. The maximum atomic E-state index is 12.4. The zero-order valence-corrected chi connectivity index (χ0v) is 15.8. The van der Waals surface area contributed by atoms with Crippen molar-refractivity contribution in [3.05, 3.63) is 35.9 Å². The van der Waals surface area contributed by atoms with Crippen LogP contribution in [-0.2, 0) is 25.7 Å². The van der Waals surface area contributed by atoms with E-state index in [9.17, 15) is 19.2 Å². The van der Waals surface area contributed by atoms with Gasteiger partial charge in [0.25, 0.3) is 5.91 Å². The molecule has 0 fully saturated rings. The number of carbonyl (C=O) groups is 4. The average molecular weight is 394 g/mol. The summed E-state index contributed by atoms with van der Waals surface area (Å²) in [6, 6.07) is 7.30. The van der Waals surface area contributed by atoms with E-state index in [-0.39, 0.29) is 19.5 Å². The molecular formula is C18H26N4O6. The Morgan fingerprint density at radius 3 is 2.25 bits per heavy atom. The van der Waals surface area contributed by atoms with Gasteiger partial charge in [0, 0.05) is 20.0 Å². The summed E-state index contributed by atoms with van der Waals surface area (Å²) in [6.07, 6.45) is 0.138. The van der Waals surface area contributed by atoms with Gasteiger partial charge in [0.05, 0.1) is 6.54 Å². The molecule has 154 valence electrons. The summed E-state index contributed by atoms with van der Waals surface area (Å²) in [5.41, 5.74) is 2.35. The Balaban J connectivity index is 2.78. The number of nitrogens with one attached hydrogen (secondary N) is 3. The van der Waals surface area contributed by atoms with Crippen molar-refractivity contribution in [2.45, 2.75) is 38.9 Å². The van der Waals surface area contributed by atoms with Crippen LogP contribution in [-0.4, -0.2) is 64.1 Å². The van der Waals surface area contributed by atoms with E-state index < -0.39 is 35.8 Å². The van der Waals surface area contributed by atoms with Gasteiger partial charge in [-0.2, -0.15) is 0 Å². The number of carboxylic acids is 1. The molecule has 0 saturated heterocycles. The minimum Gasteiger partial charge on any atom is -0.480 e. The van der Waals surface area contributed by atoms with Crippen LogP contribution < -0.4 is 16.1 Å². The Kier molecular flexibility index (Phi) is 9.61. The van der Waals surface area contributed by atoms with Crippen LogP contribution >= 0.6 is 0 Å². The number of carboxylic acid groups (broad SMARTS) is 1. The third kappa shape index (κ3) is 8.60. The first-order valence-electron chi connectivity index (χ1n) is 8.72. The summed E-state index contributed by atoms with van der Waals surface area (Å²) >= 11 is 0. The molecule has 0 aliphatic heterocycles. The van der Waals surface area contributed by atoms with Crippen LogP contribution in [0.3, 0.4) is 0 Å². The van der Waals surface area contributed by atoms with Gasteiger partial charge < -0.3 is 15.7 Å². The van der Waals surface area contributed by atoms with E-state index in [1.807, 2.05) is 30.3 Å². The quantitative estimate of drug-likeness (QED) is 0.250. The molecule has 2 atom stereocenters. The monoisotopic (exact) mass is 394 g/mol.